The highest BCUT2D eigenvalue weighted by Gasteiger charge is 2.35. The molecule has 1 aromatic carbocycles. The van der Waals surface area contributed by atoms with Crippen molar-refractivity contribution >= 4 is 22.7 Å². The number of benzene rings is 1. The van der Waals surface area contributed by atoms with Crippen molar-refractivity contribution in [1.82, 2.24) is 9.55 Å². The van der Waals surface area contributed by atoms with Gasteiger partial charge in [0.05, 0.1) is 18.1 Å². The highest BCUT2D eigenvalue weighted by Crippen LogP contribution is 2.43. The first-order chi connectivity index (χ1) is 10.0. The predicted octanol–water partition coefficient (Wildman–Crippen LogP) is 2.87. The lowest BCUT2D eigenvalue weighted by Gasteiger charge is -2.23. The Morgan fingerprint density at radius 3 is 2.71 bits per heavy atom. The average Bonchev–Trinajstić information content (AvgIpc) is 3.22. The number of hydrogen-bond donors (Lipinski definition) is 1. The molecule has 1 atom stereocenters. The van der Waals surface area contributed by atoms with Crippen LogP contribution in [0.25, 0.3) is 11.0 Å². The molecule has 1 unspecified atom stereocenters. The zero-order valence-electron chi connectivity index (χ0n) is 12.7. The van der Waals surface area contributed by atoms with Gasteiger partial charge in [-0.25, -0.2) is 9.78 Å². The second kappa shape index (κ2) is 5.06. The third-order valence-corrected chi connectivity index (χ3v) is 4.04. The molecule has 0 saturated heterocycles. The van der Waals surface area contributed by atoms with Crippen molar-refractivity contribution in [3.05, 3.63) is 24.0 Å². The number of fused-ring (bicyclic) bond motifs is 1. The minimum Gasteiger partial charge on any atom is -0.467 e. The first kappa shape index (κ1) is 13.9. The highest BCUT2D eigenvalue weighted by atomic mass is 16.5. The molecule has 3 rings (SSSR count). The van der Waals surface area contributed by atoms with Crippen LogP contribution in [0.4, 0.5) is 5.69 Å². The van der Waals surface area contributed by atoms with Crippen molar-refractivity contribution in [2.45, 2.75) is 38.6 Å². The van der Waals surface area contributed by atoms with Crippen LogP contribution in [0, 0.1) is 5.92 Å². The summed E-state index contributed by atoms with van der Waals surface area (Å²) in [7, 11) is 1.44. The van der Waals surface area contributed by atoms with E-state index in [0.29, 0.717) is 11.6 Å². The maximum Gasteiger partial charge on any atom is 0.329 e. The van der Waals surface area contributed by atoms with Crippen LogP contribution in [-0.2, 0) is 9.53 Å². The molecule has 0 spiro atoms. The van der Waals surface area contributed by atoms with E-state index >= 15 is 0 Å². The molecule has 0 radical (unpaired) electrons. The maximum atomic E-state index is 12.3. The SMILES string of the molecule is COC(=O)C(C(C)C)n1c(C2CC2)nc2cc(N)ccc21. The summed E-state index contributed by atoms with van der Waals surface area (Å²) in [6.07, 6.45) is 2.26. The Morgan fingerprint density at radius 1 is 1.43 bits per heavy atom. The third kappa shape index (κ3) is 2.37. The molecule has 2 N–H and O–H groups in total. The van der Waals surface area contributed by atoms with Crippen molar-refractivity contribution in [3.8, 4) is 0 Å². The lowest BCUT2D eigenvalue weighted by atomic mass is 10.0. The van der Waals surface area contributed by atoms with Crippen molar-refractivity contribution in [2.24, 2.45) is 5.92 Å². The van der Waals surface area contributed by atoms with Crippen LogP contribution in [0.2, 0.25) is 0 Å². The van der Waals surface area contributed by atoms with Crippen molar-refractivity contribution in [1.29, 1.82) is 0 Å². The molecule has 2 aromatic rings. The predicted molar refractivity (Wildman–Crippen MR) is 82.0 cm³/mol. The second-order valence-corrected chi connectivity index (χ2v) is 6.07. The van der Waals surface area contributed by atoms with E-state index in [9.17, 15) is 4.79 Å². The summed E-state index contributed by atoms with van der Waals surface area (Å²) in [6.45, 7) is 4.06. The first-order valence-electron chi connectivity index (χ1n) is 7.38. The molecule has 1 saturated carbocycles. The number of nitrogen functional groups attached to an aromatic ring is 1. The van der Waals surface area contributed by atoms with Crippen molar-refractivity contribution < 1.29 is 9.53 Å². The number of aromatic nitrogens is 2. The van der Waals surface area contributed by atoms with E-state index < -0.39 is 0 Å². The Kier molecular flexibility index (Phi) is 3.35. The molecular weight excluding hydrogens is 266 g/mol. The van der Waals surface area contributed by atoms with Crippen molar-refractivity contribution in [2.75, 3.05) is 12.8 Å². The topological polar surface area (TPSA) is 70.1 Å². The largest absolute Gasteiger partial charge is 0.467 e. The van der Waals surface area contributed by atoms with Crippen molar-refractivity contribution in [3.63, 3.8) is 0 Å². The van der Waals surface area contributed by atoms with Crippen LogP contribution in [-0.4, -0.2) is 22.6 Å². The van der Waals surface area contributed by atoms with Gasteiger partial charge in [-0.2, -0.15) is 0 Å². The minimum atomic E-state index is -0.348. The number of esters is 1. The van der Waals surface area contributed by atoms with E-state index in [1.54, 1.807) is 0 Å². The number of nitrogens with zero attached hydrogens (tertiary/aromatic N) is 2. The number of hydrogen-bond acceptors (Lipinski definition) is 4. The Balaban J connectivity index is 2.22. The molecule has 1 aliphatic carbocycles. The third-order valence-electron chi connectivity index (χ3n) is 4.04. The van der Waals surface area contributed by atoms with E-state index in [2.05, 4.69) is 4.57 Å². The first-order valence-corrected chi connectivity index (χ1v) is 7.38. The number of anilines is 1. The fourth-order valence-corrected chi connectivity index (χ4v) is 2.85. The van der Waals surface area contributed by atoms with E-state index in [0.717, 1.165) is 29.7 Å². The van der Waals surface area contributed by atoms with Gasteiger partial charge in [-0.05, 0) is 37.0 Å². The zero-order valence-corrected chi connectivity index (χ0v) is 12.7. The van der Waals surface area contributed by atoms with Gasteiger partial charge in [0.15, 0.2) is 0 Å². The highest BCUT2D eigenvalue weighted by molar-refractivity contribution is 5.83. The number of nitrogens with two attached hydrogens (primary N) is 1. The van der Waals surface area contributed by atoms with Gasteiger partial charge in [-0.1, -0.05) is 13.8 Å². The van der Waals surface area contributed by atoms with Gasteiger partial charge in [0.2, 0.25) is 0 Å². The Morgan fingerprint density at radius 2 is 2.14 bits per heavy atom. The van der Waals surface area contributed by atoms with Gasteiger partial charge in [0.25, 0.3) is 0 Å². The molecule has 1 heterocycles. The van der Waals surface area contributed by atoms with Crippen LogP contribution in [0.5, 0.6) is 0 Å². The van der Waals surface area contributed by atoms with Gasteiger partial charge in [0.1, 0.15) is 11.9 Å². The molecule has 1 fully saturated rings. The van der Waals surface area contributed by atoms with Crippen LogP contribution < -0.4 is 5.73 Å². The van der Waals surface area contributed by atoms with E-state index in [1.165, 1.54) is 7.11 Å². The standard InChI is InChI=1S/C16H21N3O2/c1-9(2)14(16(20)21-3)19-13-7-6-11(17)8-12(13)18-15(19)10-4-5-10/h6-10,14H,4-5,17H2,1-3H3. The van der Waals surface area contributed by atoms with Gasteiger partial charge in [-0.15, -0.1) is 0 Å². The van der Waals surface area contributed by atoms with Gasteiger partial charge in [-0.3, -0.25) is 0 Å². The van der Waals surface area contributed by atoms with E-state index in [4.69, 9.17) is 15.5 Å². The van der Waals surface area contributed by atoms with Crippen LogP contribution in [0.3, 0.4) is 0 Å². The molecule has 112 valence electrons. The van der Waals surface area contributed by atoms with Gasteiger partial charge >= 0.3 is 5.97 Å². The Labute approximate surface area is 124 Å². The number of ether oxygens (including phenoxy) is 1. The fraction of sp³-hybridized carbons (Fsp3) is 0.500. The molecule has 0 bridgehead atoms. The Bertz CT molecular complexity index is 686. The van der Waals surface area contributed by atoms with E-state index in [1.807, 2.05) is 32.0 Å². The number of imidazole rings is 1. The van der Waals surface area contributed by atoms with Gasteiger partial charge in [0, 0.05) is 11.6 Å². The lowest BCUT2D eigenvalue weighted by molar-refractivity contribution is -0.146. The molecule has 21 heavy (non-hydrogen) atoms. The van der Waals surface area contributed by atoms with Crippen LogP contribution in [0.1, 0.15) is 44.5 Å². The molecule has 0 aliphatic heterocycles. The molecule has 5 heteroatoms. The minimum absolute atomic E-state index is 0.130. The summed E-state index contributed by atoms with van der Waals surface area (Å²) in [5.41, 5.74) is 8.35. The summed E-state index contributed by atoms with van der Waals surface area (Å²) in [5.74, 6) is 1.34. The molecule has 0 amide bonds. The summed E-state index contributed by atoms with van der Waals surface area (Å²) < 4.78 is 7.07. The molecule has 5 nitrogen and oxygen atoms in total. The Hall–Kier alpha value is -2.04. The molecule has 1 aliphatic rings. The molecular formula is C16H21N3O2. The normalized spacial score (nSPS) is 16.4. The van der Waals surface area contributed by atoms with Crippen LogP contribution >= 0.6 is 0 Å². The quantitative estimate of drug-likeness (QED) is 0.693. The maximum absolute atomic E-state index is 12.3. The lowest BCUT2D eigenvalue weighted by Crippen LogP contribution is -2.27. The fourth-order valence-electron chi connectivity index (χ4n) is 2.85. The summed E-state index contributed by atoms with van der Waals surface area (Å²) in [4.78, 5) is 17.0. The monoisotopic (exact) mass is 287 g/mol. The average molecular weight is 287 g/mol. The number of carbonyl (C=O) groups is 1. The number of rotatable bonds is 4. The van der Waals surface area contributed by atoms with E-state index in [-0.39, 0.29) is 17.9 Å². The summed E-state index contributed by atoms with van der Waals surface area (Å²) in [6, 6.07) is 5.32. The smallest absolute Gasteiger partial charge is 0.329 e. The zero-order chi connectivity index (χ0) is 15.1. The molecule has 1 aromatic heterocycles. The van der Waals surface area contributed by atoms with Crippen LogP contribution in [0.15, 0.2) is 18.2 Å². The number of carbonyl (C=O) groups excluding carboxylic acids is 1. The number of methoxy groups -OCH3 is 1. The van der Waals surface area contributed by atoms with Gasteiger partial charge < -0.3 is 15.0 Å². The second-order valence-electron chi connectivity index (χ2n) is 6.07. The summed E-state index contributed by atoms with van der Waals surface area (Å²) in [5, 5.41) is 0. The summed E-state index contributed by atoms with van der Waals surface area (Å²) >= 11 is 0.